The summed E-state index contributed by atoms with van der Waals surface area (Å²) in [7, 11) is 0. The van der Waals surface area contributed by atoms with E-state index in [-0.39, 0.29) is 23.8 Å². The fourth-order valence-corrected chi connectivity index (χ4v) is 4.48. The van der Waals surface area contributed by atoms with Crippen molar-refractivity contribution in [3.63, 3.8) is 0 Å². The minimum Gasteiger partial charge on any atom is -0.392 e. The number of carbonyl (C=O) groups excluding carboxylic acids is 2. The predicted octanol–water partition coefficient (Wildman–Crippen LogP) is 4.00. The predicted molar refractivity (Wildman–Crippen MR) is 123 cm³/mol. The first-order valence-corrected chi connectivity index (χ1v) is 11.7. The minimum absolute atomic E-state index is 0.0210. The van der Waals surface area contributed by atoms with E-state index in [0.717, 1.165) is 17.7 Å². The van der Waals surface area contributed by atoms with E-state index in [2.05, 4.69) is 24.3 Å². The van der Waals surface area contributed by atoms with Gasteiger partial charge in [-0.05, 0) is 30.7 Å². The van der Waals surface area contributed by atoms with Crippen LogP contribution in [0.3, 0.4) is 0 Å². The lowest BCUT2D eigenvalue weighted by Gasteiger charge is -2.42. The first-order valence-electron chi connectivity index (χ1n) is 11.7. The smallest absolute Gasteiger partial charge is 0.226 e. The number of amides is 2. The molecular weight excluding hydrogens is 390 g/mol. The molecule has 0 saturated carbocycles. The van der Waals surface area contributed by atoms with Crippen molar-refractivity contribution in [3.05, 3.63) is 35.9 Å². The Morgan fingerprint density at radius 3 is 2.45 bits per heavy atom. The average Bonchev–Trinajstić information content (AvgIpc) is 3.22. The second-order valence-electron chi connectivity index (χ2n) is 9.74. The quantitative estimate of drug-likeness (QED) is 0.682. The van der Waals surface area contributed by atoms with E-state index in [1.54, 1.807) is 0 Å². The van der Waals surface area contributed by atoms with Crippen molar-refractivity contribution in [2.45, 2.75) is 65.9 Å². The van der Waals surface area contributed by atoms with E-state index in [1.165, 1.54) is 0 Å². The van der Waals surface area contributed by atoms with E-state index >= 15 is 0 Å². The van der Waals surface area contributed by atoms with Gasteiger partial charge in [-0.15, -0.1) is 0 Å². The Bertz CT molecular complexity index is 780. The zero-order valence-corrected chi connectivity index (χ0v) is 19.4. The van der Waals surface area contributed by atoms with Gasteiger partial charge in [0.15, 0.2) is 0 Å². The van der Waals surface area contributed by atoms with Gasteiger partial charge in [-0.2, -0.15) is 0 Å². The Labute approximate surface area is 186 Å². The fourth-order valence-electron chi connectivity index (χ4n) is 4.48. The summed E-state index contributed by atoms with van der Waals surface area (Å²) in [6.07, 6.45) is 3.52. The summed E-state index contributed by atoms with van der Waals surface area (Å²) >= 11 is 0. The van der Waals surface area contributed by atoms with E-state index in [4.69, 9.17) is 4.84 Å². The number of nitrogens with one attached hydrogen (secondary N) is 1. The summed E-state index contributed by atoms with van der Waals surface area (Å²) in [5.41, 5.74) is 1.49. The van der Waals surface area contributed by atoms with Crippen LogP contribution in [0.5, 0.6) is 0 Å². The maximum atomic E-state index is 13.3. The van der Waals surface area contributed by atoms with Crippen LogP contribution in [0.4, 0.5) is 0 Å². The molecule has 6 nitrogen and oxygen atoms in total. The second-order valence-corrected chi connectivity index (χ2v) is 9.74. The molecule has 2 amide bonds. The molecule has 1 atom stereocenters. The lowest BCUT2D eigenvalue weighted by molar-refractivity contribution is -0.144. The summed E-state index contributed by atoms with van der Waals surface area (Å²) in [4.78, 5) is 33.5. The third-order valence-corrected chi connectivity index (χ3v) is 6.47. The standard InChI is InChI=1S/C25H37N3O3/c1-18(2)10-13-26-24(30)25(11-14-28(15-12-25)23(29)19(3)4)17-21-16-22(27-31-21)20-8-6-5-7-9-20/h5-9,18-19,21H,10-17H2,1-4H3,(H,26,30)/t21-/m0/s1. The molecule has 2 aliphatic heterocycles. The minimum atomic E-state index is -0.517. The van der Waals surface area contributed by atoms with Crippen molar-refractivity contribution in [1.82, 2.24) is 10.2 Å². The van der Waals surface area contributed by atoms with Crippen LogP contribution in [0, 0.1) is 17.3 Å². The van der Waals surface area contributed by atoms with Gasteiger partial charge < -0.3 is 15.1 Å². The average molecular weight is 428 g/mol. The summed E-state index contributed by atoms with van der Waals surface area (Å²) in [5, 5.41) is 7.49. The lowest BCUT2D eigenvalue weighted by atomic mass is 9.72. The zero-order chi connectivity index (χ0) is 22.4. The van der Waals surface area contributed by atoms with Gasteiger partial charge in [0.25, 0.3) is 0 Å². The Kier molecular flexibility index (Phi) is 7.74. The van der Waals surface area contributed by atoms with Crippen LogP contribution in [-0.4, -0.2) is 48.2 Å². The number of carbonyl (C=O) groups is 2. The monoisotopic (exact) mass is 427 g/mol. The van der Waals surface area contributed by atoms with Crippen molar-refractivity contribution < 1.29 is 14.4 Å². The van der Waals surface area contributed by atoms with Crippen LogP contribution in [0.25, 0.3) is 0 Å². The van der Waals surface area contributed by atoms with Crippen LogP contribution in [-0.2, 0) is 14.4 Å². The topological polar surface area (TPSA) is 71.0 Å². The van der Waals surface area contributed by atoms with Gasteiger partial charge >= 0.3 is 0 Å². The highest BCUT2D eigenvalue weighted by molar-refractivity contribution is 6.01. The third-order valence-electron chi connectivity index (χ3n) is 6.47. The molecule has 6 heteroatoms. The number of oxime groups is 1. The van der Waals surface area contributed by atoms with E-state index in [1.807, 2.05) is 49.1 Å². The van der Waals surface area contributed by atoms with Crippen LogP contribution in [0.1, 0.15) is 65.4 Å². The summed E-state index contributed by atoms with van der Waals surface area (Å²) in [6, 6.07) is 10.1. The first-order chi connectivity index (χ1) is 14.8. The molecule has 3 rings (SSSR count). The van der Waals surface area contributed by atoms with Gasteiger partial charge in [-0.25, -0.2) is 0 Å². The van der Waals surface area contributed by atoms with E-state index in [9.17, 15) is 9.59 Å². The molecule has 0 aromatic heterocycles. The molecular formula is C25H37N3O3. The molecule has 0 radical (unpaired) electrons. The summed E-state index contributed by atoms with van der Waals surface area (Å²) in [5.74, 6) is 0.788. The summed E-state index contributed by atoms with van der Waals surface area (Å²) < 4.78 is 0. The van der Waals surface area contributed by atoms with E-state index < -0.39 is 5.41 Å². The normalized spacial score (nSPS) is 20.5. The van der Waals surface area contributed by atoms with Gasteiger partial charge in [0, 0.05) is 38.4 Å². The molecule has 0 spiro atoms. The van der Waals surface area contributed by atoms with Gasteiger partial charge in [0.05, 0.1) is 11.1 Å². The molecule has 0 unspecified atom stereocenters. The van der Waals surface area contributed by atoms with Gasteiger partial charge in [-0.1, -0.05) is 63.2 Å². The molecule has 0 aliphatic carbocycles. The van der Waals surface area contributed by atoms with Crippen LogP contribution in [0.2, 0.25) is 0 Å². The second kappa shape index (κ2) is 10.3. The zero-order valence-electron chi connectivity index (χ0n) is 19.4. The highest BCUT2D eigenvalue weighted by atomic mass is 16.6. The number of likely N-dealkylation sites (tertiary alicyclic amines) is 1. The Hall–Kier alpha value is -2.37. The number of hydrogen-bond donors (Lipinski definition) is 1. The molecule has 2 aliphatic rings. The maximum Gasteiger partial charge on any atom is 0.226 e. The Morgan fingerprint density at radius 1 is 1.16 bits per heavy atom. The van der Waals surface area contributed by atoms with Crippen molar-refractivity contribution >= 4 is 17.5 Å². The maximum absolute atomic E-state index is 13.3. The molecule has 1 aromatic carbocycles. The summed E-state index contributed by atoms with van der Waals surface area (Å²) in [6.45, 7) is 10.1. The van der Waals surface area contributed by atoms with Crippen LogP contribution < -0.4 is 5.32 Å². The first kappa shape index (κ1) is 23.3. The number of hydrogen-bond acceptors (Lipinski definition) is 4. The molecule has 2 heterocycles. The largest absolute Gasteiger partial charge is 0.392 e. The van der Waals surface area contributed by atoms with Gasteiger partial charge in [-0.3, -0.25) is 9.59 Å². The highest BCUT2D eigenvalue weighted by Gasteiger charge is 2.45. The van der Waals surface area contributed by atoms with Crippen molar-refractivity contribution in [2.75, 3.05) is 19.6 Å². The van der Waals surface area contributed by atoms with Crippen molar-refractivity contribution in [1.29, 1.82) is 0 Å². The Morgan fingerprint density at radius 2 is 1.84 bits per heavy atom. The molecule has 0 bridgehead atoms. The number of nitrogens with zero attached hydrogens (tertiary/aromatic N) is 2. The number of benzene rings is 1. The third kappa shape index (κ3) is 5.86. The highest BCUT2D eigenvalue weighted by Crippen LogP contribution is 2.39. The molecule has 1 fully saturated rings. The SMILES string of the molecule is CC(C)CCNC(=O)C1(C[C@@H]2CC(c3ccccc3)=NO2)CCN(C(=O)C(C)C)CC1. The lowest BCUT2D eigenvalue weighted by Crippen LogP contribution is -2.52. The van der Waals surface area contributed by atoms with Crippen LogP contribution >= 0.6 is 0 Å². The fraction of sp³-hybridized carbons (Fsp3) is 0.640. The van der Waals surface area contributed by atoms with Gasteiger partial charge in [0.1, 0.15) is 6.10 Å². The van der Waals surface area contributed by atoms with E-state index in [0.29, 0.717) is 51.2 Å². The molecule has 1 N–H and O–H groups in total. The van der Waals surface area contributed by atoms with Crippen LogP contribution in [0.15, 0.2) is 35.5 Å². The number of piperidine rings is 1. The molecule has 1 saturated heterocycles. The molecule has 31 heavy (non-hydrogen) atoms. The van der Waals surface area contributed by atoms with Gasteiger partial charge in [0.2, 0.25) is 11.8 Å². The number of rotatable bonds is 8. The Balaban J connectivity index is 1.67. The van der Waals surface area contributed by atoms with Crippen molar-refractivity contribution in [2.24, 2.45) is 22.4 Å². The van der Waals surface area contributed by atoms with Crippen molar-refractivity contribution in [3.8, 4) is 0 Å². The molecule has 170 valence electrons. The molecule has 1 aromatic rings.